The van der Waals surface area contributed by atoms with Crippen LogP contribution >= 0.6 is 0 Å². The predicted octanol–water partition coefficient (Wildman–Crippen LogP) is 3.56. The maximum absolute atomic E-state index is 12.9. The molecular weight excluding hydrogens is 302 g/mol. The maximum Gasteiger partial charge on any atom is 0.326 e. The molecule has 124 valence electrons. The molecule has 0 radical (unpaired) electrons. The first-order valence-electron chi connectivity index (χ1n) is 8.35. The number of fused-ring (bicyclic) bond motifs is 3. The van der Waals surface area contributed by atoms with E-state index >= 15 is 0 Å². The van der Waals surface area contributed by atoms with Crippen molar-refractivity contribution in [2.45, 2.75) is 38.1 Å². The Hall–Kier alpha value is -2.62. The van der Waals surface area contributed by atoms with Crippen LogP contribution in [0.2, 0.25) is 0 Å². The van der Waals surface area contributed by atoms with Crippen LogP contribution in [0.15, 0.2) is 48.5 Å². The fourth-order valence-electron chi connectivity index (χ4n) is 3.36. The van der Waals surface area contributed by atoms with Gasteiger partial charge in [-0.15, -0.1) is 0 Å². The van der Waals surface area contributed by atoms with E-state index in [4.69, 9.17) is 0 Å². The second-order valence-electron chi connectivity index (χ2n) is 6.15. The van der Waals surface area contributed by atoms with Crippen LogP contribution in [0.3, 0.4) is 0 Å². The molecule has 2 aromatic carbocycles. The van der Waals surface area contributed by atoms with Gasteiger partial charge in [0.2, 0.25) is 5.91 Å². The Labute approximate surface area is 141 Å². The van der Waals surface area contributed by atoms with Crippen molar-refractivity contribution in [3.63, 3.8) is 0 Å². The molecule has 0 spiro atoms. The van der Waals surface area contributed by atoms with E-state index in [2.05, 4.69) is 5.32 Å². The Morgan fingerprint density at radius 1 is 1.04 bits per heavy atom. The Kier molecular flexibility index (Phi) is 4.65. The van der Waals surface area contributed by atoms with Crippen LogP contribution in [-0.2, 0) is 9.59 Å². The first-order chi connectivity index (χ1) is 11.6. The monoisotopic (exact) mass is 323 g/mol. The number of carbonyl (C=O) groups is 2. The Balaban J connectivity index is 1.91. The average Bonchev–Trinajstić information content (AvgIpc) is 2.93. The second kappa shape index (κ2) is 6.87. The predicted molar refractivity (Wildman–Crippen MR) is 92.8 cm³/mol. The third-order valence-electron chi connectivity index (χ3n) is 4.56. The van der Waals surface area contributed by atoms with Crippen molar-refractivity contribution in [1.29, 1.82) is 0 Å². The third-order valence-corrected chi connectivity index (χ3v) is 4.56. The minimum absolute atomic E-state index is 0.240. The van der Waals surface area contributed by atoms with Crippen molar-refractivity contribution in [1.82, 2.24) is 5.32 Å². The van der Waals surface area contributed by atoms with Gasteiger partial charge in [-0.25, -0.2) is 4.79 Å². The number of hydrogen-bond donors (Lipinski definition) is 2. The smallest absolute Gasteiger partial charge is 0.326 e. The highest BCUT2D eigenvalue weighted by Gasteiger charge is 2.34. The zero-order chi connectivity index (χ0) is 17.1. The van der Waals surface area contributed by atoms with E-state index in [9.17, 15) is 14.7 Å². The van der Waals surface area contributed by atoms with Crippen molar-refractivity contribution in [2.24, 2.45) is 0 Å². The lowest BCUT2D eigenvalue weighted by molar-refractivity contribution is -0.142. The van der Waals surface area contributed by atoms with E-state index in [0.717, 1.165) is 35.1 Å². The average molecular weight is 323 g/mol. The van der Waals surface area contributed by atoms with E-state index in [-0.39, 0.29) is 5.91 Å². The first kappa shape index (κ1) is 16.2. The zero-order valence-corrected chi connectivity index (χ0v) is 13.7. The van der Waals surface area contributed by atoms with Crippen molar-refractivity contribution in [2.75, 3.05) is 0 Å². The maximum atomic E-state index is 12.9. The standard InChI is InChI=1S/C20H21NO3/c1-2-3-12-17(20(23)24)21-19(22)18-15-10-6-4-8-13(15)14-9-5-7-11-16(14)18/h4-11,17-18H,2-3,12H2,1H3,(H,21,22)(H,23,24)/t17-/m1/s1. The second-order valence-corrected chi connectivity index (χ2v) is 6.15. The summed E-state index contributed by atoms with van der Waals surface area (Å²) in [6.45, 7) is 2.00. The molecule has 1 aliphatic carbocycles. The van der Waals surface area contributed by atoms with Gasteiger partial charge >= 0.3 is 5.97 Å². The number of carboxylic acids is 1. The van der Waals surface area contributed by atoms with E-state index in [1.165, 1.54) is 0 Å². The van der Waals surface area contributed by atoms with Gasteiger partial charge in [-0.05, 0) is 28.7 Å². The molecule has 24 heavy (non-hydrogen) atoms. The summed E-state index contributed by atoms with van der Waals surface area (Å²) in [5, 5.41) is 12.1. The number of carboxylic acid groups (broad SMARTS) is 1. The van der Waals surface area contributed by atoms with Gasteiger partial charge in [0.15, 0.2) is 0 Å². The van der Waals surface area contributed by atoms with Gasteiger partial charge in [-0.3, -0.25) is 4.79 Å². The molecule has 0 saturated heterocycles. The van der Waals surface area contributed by atoms with E-state index < -0.39 is 17.9 Å². The van der Waals surface area contributed by atoms with Gasteiger partial charge < -0.3 is 10.4 Å². The van der Waals surface area contributed by atoms with Crippen molar-refractivity contribution < 1.29 is 14.7 Å². The normalized spacial score (nSPS) is 13.9. The molecule has 0 unspecified atom stereocenters. The fourth-order valence-corrected chi connectivity index (χ4v) is 3.36. The van der Waals surface area contributed by atoms with Crippen molar-refractivity contribution in [3.05, 3.63) is 59.7 Å². The number of benzene rings is 2. The van der Waals surface area contributed by atoms with Crippen LogP contribution in [0.4, 0.5) is 0 Å². The number of nitrogens with one attached hydrogen (secondary N) is 1. The Bertz CT molecular complexity index is 723. The first-order valence-corrected chi connectivity index (χ1v) is 8.35. The number of amides is 1. The molecule has 1 amide bonds. The summed E-state index contributed by atoms with van der Waals surface area (Å²) in [4.78, 5) is 24.3. The van der Waals surface area contributed by atoms with Gasteiger partial charge in [0, 0.05) is 0 Å². The van der Waals surface area contributed by atoms with Crippen LogP contribution < -0.4 is 5.32 Å². The minimum atomic E-state index is -0.976. The Morgan fingerprint density at radius 2 is 1.58 bits per heavy atom. The molecular formula is C20H21NO3. The molecule has 3 rings (SSSR count). The summed E-state index contributed by atoms with van der Waals surface area (Å²) in [6, 6.07) is 14.8. The molecule has 2 N–H and O–H groups in total. The minimum Gasteiger partial charge on any atom is -0.480 e. The summed E-state index contributed by atoms with van der Waals surface area (Å²) < 4.78 is 0. The topological polar surface area (TPSA) is 66.4 Å². The molecule has 0 saturated carbocycles. The quantitative estimate of drug-likeness (QED) is 0.854. The molecule has 0 fully saturated rings. The number of aliphatic carboxylic acids is 1. The highest BCUT2D eigenvalue weighted by Crippen LogP contribution is 2.44. The molecule has 1 aliphatic rings. The summed E-state index contributed by atoms with van der Waals surface area (Å²) in [7, 11) is 0. The van der Waals surface area contributed by atoms with Crippen molar-refractivity contribution in [3.8, 4) is 11.1 Å². The molecule has 0 aromatic heterocycles. The number of hydrogen-bond acceptors (Lipinski definition) is 2. The molecule has 4 nitrogen and oxygen atoms in total. The van der Waals surface area contributed by atoms with Crippen LogP contribution in [0.25, 0.3) is 11.1 Å². The molecule has 1 atom stereocenters. The van der Waals surface area contributed by atoms with Crippen LogP contribution in [0.1, 0.15) is 43.2 Å². The molecule has 0 heterocycles. The number of unbranched alkanes of at least 4 members (excludes halogenated alkanes) is 1. The molecule has 2 aromatic rings. The van der Waals surface area contributed by atoms with Crippen LogP contribution in [-0.4, -0.2) is 23.0 Å². The lowest BCUT2D eigenvalue weighted by Crippen LogP contribution is -2.42. The zero-order valence-electron chi connectivity index (χ0n) is 13.7. The lowest BCUT2D eigenvalue weighted by atomic mass is 9.95. The van der Waals surface area contributed by atoms with Gasteiger partial charge in [0.05, 0.1) is 5.92 Å². The lowest BCUT2D eigenvalue weighted by Gasteiger charge is -2.18. The third kappa shape index (κ3) is 2.92. The molecule has 0 aliphatic heterocycles. The van der Waals surface area contributed by atoms with E-state index in [1.54, 1.807) is 0 Å². The SMILES string of the molecule is CCCC[C@@H](NC(=O)C1c2ccccc2-c2ccccc21)C(=O)O. The highest BCUT2D eigenvalue weighted by molar-refractivity contribution is 5.97. The number of carbonyl (C=O) groups excluding carboxylic acids is 1. The van der Waals surface area contributed by atoms with Gasteiger partial charge in [-0.2, -0.15) is 0 Å². The van der Waals surface area contributed by atoms with Gasteiger partial charge in [0.1, 0.15) is 6.04 Å². The van der Waals surface area contributed by atoms with Gasteiger partial charge in [0.25, 0.3) is 0 Å². The number of rotatable bonds is 6. The summed E-state index contributed by atoms with van der Waals surface area (Å²) in [5.74, 6) is -1.66. The van der Waals surface area contributed by atoms with E-state index in [0.29, 0.717) is 6.42 Å². The molecule has 4 heteroatoms. The fraction of sp³-hybridized carbons (Fsp3) is 0.300. The van der Waals surface area contributed by atoms with Crippen LogP contribution in [0, 0.1) is 0 Å². The van der Waals surface area contributed by atoms with Gasteiger partial charge in [-0.1, -0.05) is 68.3 Å². The highest BCUT2D eigenvalue weighted by atomic mass is 16.4. The van der Waals surface area contributed by atoms with Crippen molar-refractivity contribution >= 4 is 11.9 Å². The summed E-state index contributed by atoms with van der Waals surface area (Å²) >= 11 is 0. The van der Waals surface area contributed by atoms with E-state index in [1.807, 2.05) is 55.5 Å². The largest absolute Gasteiger partial charge is 0.480 e. The molecule has 0 bridgehead atoms. The van der Waals surface area contributed by atoms with Crippen LogP contribution in [0.5, 0.6) is 0 Å². The summed E-state index contributed by atoms with van der Waals surface area (Å²) in [5.41, 5.74) is 3.98. The Morgan fingerprint density at radius 3 is 2.08 bits per heavy atom. The summed E-state index contributed by atoms with van der Waals surface area (Å²) in [6.07, 6.45) is 2.12.